The number of carbonyl (C=O) groups excluding carboxylic acids is 1. The Labute approximate surface area is 221 Å². The number of nitrogens with zero attached hydrogens (tertiary/aromatic N) is 2. The Morgan fingerprint density at radius 3 is 2.64 bits per heavy atom. The zero-order valence-electron chi connectivity index (χ0n) is 20.5. The summed E-state index contributed by atoms with van der Waals surface area (Å²) in [4.78, 5) is 19.8. The van der Waals surface area contributed by atoms with Crippen molar-refractivity contribution in [3.05, 3.63) is 86.4 Å². The minimum Gasteiger partial charge on any atom is -0.326 e. The summed E-state index contributed by atoms with van der Waals surface area (Å²) in [6.07, 6.45) is 0.00778. The molecule has 1 amide bonds. The number of amidine groups is 2. The van der Waals surface area contributed by atoms with E-state index in [2.05, 4.69) is 25.2 Å². The summed E-state index contributed by atoms with van der Waals surface area (Å²) < 4.78 is 0. The number of hydrogen-bond acceptors (Lipinski definition) is 5. The van der Waals surface area contributed by atoms with Gasteiger partial charge >= 0.3 is 0 Å². The maximum Gasteiger partial charge on any atom is 0.227 e. The van der Waals surface area contributed by atoms with Gasteiger partial charge in [-0.2, -0.15) is 11.8 Å². The minimum atomic E-state index is -0.736. The van der Waals surface area contributed by atoms with E-state index in [1.54, 1.807) is 11.8 Å². The third kappa shape index (κ3) is 4.55. The Morgan fingerprint density at radius 1 is 1.19 bits per heavy atom. The molecule has 0 spiro atoms. The monoisotopic (exact) mass is 515 g/mol. The quantitative estimate of drug-likeness (QED) is 0.284. The van der Waals surface area contributed by atoms with Crippen molar-refractivity contribution in [2.75, 3.05) is 5.32 Å². The number of allylic oxidation sites excluding steroid dienone is 3. The lowest BCUT2D eigenvalue weighted by Gasteiger charge is -2.27. The molecular formula is C27H27BClN5OS. The number of benzene rings is 2. The van der Waals surface area contributed by atoms with Crippen LogP contribution >= 0.6 is 23.4 Å². The van der Waals surface area contributed by atoms with Crippen molar-refractivity contribution < 1.29 is 4.79 Å². The standard InChI is InChI=1S/C27H27BClN5OS/c1-14-15(2)28-26-24(14)25(17-4-7-20(29)8-5-17)33-22(27(31)34(26)16(3)30)11-23(35)32-21-9-6-18-12-36-13-19(18)10-21/h4-10,22,28,30-31H,11-13H2,1-3H3,(H,32,35)/t22-/m0/s1. The molecule has 9 heteroatoms. The van der Waals surface area contributed by atoms with Gasteiger partial charge in [0.05, 0.1) is 12.1 Å². The number of amides is 1. The number of anilines is 1. The highest BCUT2D eigenvalue weighted by Gasteiger charge is 2.37. The third-order valence-electron chi connectivity index (χ3n) is 6.92. The second-order valence-corrected chi connectivity index (χ2v) is 10.9. The van der Waals surface area contributed by atoms with Gasteiger partial charge in [-0.1, -0.05) is 47.8 Å². The maximum atomic E-state index is 13.2. The Morgan fingerprint density at radius 2 is 1.92 bits per heavy atom. The fourth-order valence-electron chi connectivity index (χ4n) is 4.97. The molecule has 0 saturated heterocycles. The topological polar surface area (TPSA) is 92.4 Å². The molecule has 0 radical (unpaired) electrons. The van der Waals surface area contributed by atoms with Gasteiger partial charge in [0.1, 0.15) is 17.7 Å². The summed E-state index contributed by atoms with van der Waals surface area (Å²) in [6, 6.07) is 12.8. The highest BCUT2D eigenvalue weighted by molar-refractivity contribution is 7.98. The molecule has 3 aliphatic heterocycles. The molecule has 3 aliphatic rings. The number of hydrogen-bond donors (Lipinski definition) is 3. The first-order valence-corrected chi connectivity index (χ1v) is 13.4. The van der Waals surface area contributed by atoms with Crippen LogP contribution in [0.5, 0.6) is 0 Å². The van der Waals surface area contributed by atoms with Crippen LogP contribution in [0, 0.1) is 10.8 Å². The predicted molar refractivity (Wildman–Crippen MR) is 152 cm³/mol. The molecule has 36 heavy (non-hydrogen) atoms. The molecule has 0 saturated carbocycles. The number of rotatable bonds is 4. The van der Waals surface area contributed by atoms with Gasteiger partial charge in [-0.3, -0.25) is 25.5 Å². The van der Waals surface area contributed by atoms with Crippen LogP contribution in [0.3, 0.4) is 0 Å². The normalized spacial score (nSPS) is 19.0. The maximum absolute atomic E-state index is 13.2. The van der Waals surface area contributed by atoms with Crippen molar-refractivity contribution in [3.63, 3.8) is 0 Å². The highest BCUT2D eigenvalue weighted by atomic mass is 35.5. The second-order valence-electron chi connectivity index (χ2n) is 9.44. The van der Waals surface area contributed by atoms with Gasteiger partial charge in [-0.15, -0.1) is 0 Å². The van der Waals surface area contributed by atoms with E-state index < -0.39 is 6.04 Å². The number of aliphatic imine (C=N–C) groups is 1. The molecule has 5 rings (SSSR count). The Bertz CT molecular complexity index is 1400. The zero-order valence-corrected chi connectivity index (χ0v) is 22.1. The van der Waals surface area contributed by atoms with Crippen LogP contribution in [0.15, 0.2) is 69.7 Å². The van der Waals surface area contributed by atoms with Crippen LogP contribution in [-0.4, -0.2) is 41.5 Å². The van der Waals surface area contributed by atoms with Crippen molar-refractivity contribution >= 4 is 59.6 Å². The van der Waals surface area contributed by atoms with Gasteiger partial charge < -0.3 is 5.32 Å². The molecule has 0 fully saturated rings. The van der Waals surface area contributed by atoms with Gasteiger partial charge in [0, 0.05) is 33.4 Å². The van der Waals surface area contributed by atoms with Crippen LogP contribution < -0.4 is 5.32 Å². The van der Waals surface area contributed by atoms with Crippen molar-refractivity contribution in [2.24, 2.45) is 4.99 Å². The highest BCUT2D eigenvalue weighted by Crippen LogP contribution is 2.36. The van der Waals surface area contributed by atoms with Crippen molar-refractivity contribution in [3.8, 4) is 0 Å². The number of carbonyl (C=O) groups is 1. The number of halogens is 1. The molecule has 0 aromatic heterocycles. The summed E-state index contributed by atoms with van der Waals surface area (Å²) >= 11 is 8.03. The summed E-state index contributed by atoms with van der Waals surface area (Å²) in [5, 5.41) is 21.2. The fourth-order valence-corrected chi connectivity index (χ4v) is 6.19. The Kier molecular flexibility index (Phi) is 6.66. The fraction of sp³-hybridized carbons (Fsp3) is 0.259. The van der Waals surface area contributed by atoms with Crippen LogP contribution in [-0.2, 0) is 16.3 Å². The summed E-state index contributed by atoms with van der Waals surface area (Å²) in [5.41, 5.74) is 9.03. The van der Waals surface area contributed by atoms with Gasteiger partial charge in [0.25, 0.3) is 0 Å². The molecule has 0 unspecified atom stereocenters. The average molecular weight is 516 g/mol. The Hall–Kier alpha value is -3.10. The van der Waals surface area contributed by atoms with Gasteiger partial charge in [-0.05, 0) is 54.8 Å². The summed E-state index contributed by atoms with van der Waals surface area (Å²) in [5.74, 6) is 2.14. The first kappa shape index (κ1) is 24.6. The first-order chi connectivity index (χ1) is 17.2. The summed E-state index contributed by atoms with van der Waals surface area (Å²) in [6.45, 7) is 5.81. The van der Waals surface area contributed by atoms with E-state index in [0.717, 1.165) is 45.2 Å². The minimum absolute atomic E-state index is 0.00778. The van der Waals surface area contributed by atoms with E-state index in [-0.39, 0.29) is 24.0 Å². The molecule has 6 nitrogen and oxygen atoms in total. The first-order valence-electron chi connectivity index (χ1n) is 11.9. The molecule has 3 heterocycles. The van der Waals surface area contributed by atoms with Gasteiger partial charge in [0.15, 0.2) is 0 Å². The van der Waals surface area contributed by atoms with Gasteiger partial charge in [0.2, 0.25) is 13.2 Å². The molecule has 182 valence electrons. The Balaban J connectivity index is 1.52. The molecule has 0 aliphatic carbocycles. The van der Waals surface area contributed by atoms with E-state index in [1.165, 1.54) is 16.6 Å². The molecular weight excluding hydrogens is 489 g/mol. The van der Waals surface area contributed by atoms with Crippen LogP contribution in [0.1, 0.15) is 43.9 Å². The van der Waals surface area contributed by atoms with Crippen molar-refractivity contribution in [2.45, 2.75) is 44.7 Å². The zero-order chi connectivity index (χ0) is 25.6. The molecule has 2 aromatic carbocycles. The van der Waals surface area contributed by atoms with Crippen molar-refractivity contribution in [1.29, 1.82) is 10.8 Å². The smallest absolute Gasteiger partial charge is 0.227 e. The lowest BCUT2D eigenvalue weighted by Crippen LogP contribution is -2.42. The predicted octanol–water partition coefficient (Wildman–Crippen LogP) is 5.52. The van der Waals surface area contributed by atoms with E-state index in [0.29, 0.717) is 12.3 Å². The van der Waals surface area contributed by atoms with Crippen molar-refractivity contribution in [1.82, 2.24) is 4.90 Å². The lowest BCUT2D eigenvalue weighted by atomic mass is 9.69. The second kappa shape index (κ2) is 9.75. The largest absolute Gasteiger partial charge is 0.326 e. The van der Waals surface area contributed by atoms with Gasteiger partial charge in [-0.25, -0.2) is 0 Å². The molecule has 2 aromatic rings. The SMILES string of the molecule is CC(=N)N1C(=N)[C@H](CC(=O)Nc2ccc3c(c2)CSC3)N=C(c2ccc(Cl)cc2)C2=C1BC(C)=C2C. The van der Waals surface area contributed by atoms with E-state index in [9.17, 15) is 4.79 Å². The number of thioether (sulfide) groups is 1. The van der Waals surface area contributed by atoms with Crippen LogP contribution in [0.2, 0.25) is 5.02 Å². The van der Waals surface area contributed by atoms with E-state index in [4.69, 9.17) is 27.4 Å². The van der Waals surface area contributed by atoms with E-state index >= 15 is 0 Å². The lowest BCUT2D eigenvalue weighted by molar-refractivity contribution is -0.116. The molecule has 1 atom stereocenters. The molecule has 0 bridgehead atoms. The number of nitrogens with one attached hydrogen (secondary N) is 3. The number of fused-ring (bicyclic) bond motifs is 1. The van der Waals surface area contributed by atoms with E-state index in [1.807, 2.05) is 48.2 Å². The van der Waals surface area contributed by atoms with Crippen LogP contribution in [0.4, 0.5) is 5.69 Å². The van der Waals surface area contributed by atoms with Crippen LogP contribution in [0.25, 0.3) is 0 Å². The summed E-state index contributed by atoms with van der Waals surface area (Å²) in [7, 11) is 0.637. The molecule has 3 N–H and O–H groups in total. The average Bonchev–Trinajstić information content (AvgIpc) is 3.38. The third-order valence-corrected chi connectivity index (χ3v) is 8.20.